The van der Waals surface area contributed by atoms with Crippen LogP contribution >= 0.6 is 0 Å². The van der Waals surface area contributed by atoms with Crippen molar-refractivity contribution in [1.29, 1.82) is 0 Å². The highest BCUT2D eigenvalue weighted by Gasteiger charge is 2.19. The molecule has 2 saturated heterocycles. The number of fused-ring (bicyclic) bond motifs is 1. The van der Waals surface area contributed by atoms with Gasteiger partial charge in [0, 0.05) is 25.0 Å². The molecule has 2 fully saturated rings. The lowest BCUT2D eigenvalue weighted by Gasteiger charge is -2.29. The van der Waals surface area contributed by atoms with Gasteiger partial charge >= 0.3 is 6.01 Å². The number of piperidine rings is 1. The third-order valence-electron chi connectivity index (χ3n) is 6.40. The Balaban J connectivity index is 1.44. The van der Waals surface area contributed by atoms with Gasteiger partial charge in [0.2, 0.25) is 0 Å². The lowest BCUT2D eigenvalue weighted by atomic mass is 10.0. The van der Waals surface area contributed by atoms with Gasteiger partial charge in [-0.15, -0.1) is 0 Å². The van der Waals surface area contributed by atoms with Crippen LogP contribution in [0.5, 0.6) is 6.01 Å². The predicted molar refractivity (Wildman–Crippen MR) is 129 cm³/mol. The highest BCUT2D eigenvalue weighted by atomic mass is 16.5. The zero-order chi connectivity index (χ0) is 21.8. The maximum atomic E-state index is 6.06. The number of aryl methyl sites for hydroxylation is 1. The standard InChI is InChI=1S/C26H32N4O2/c1-20-6-5-7-21(18-20)22-8-9-24-23(19-22)25(30-13-15-31-16-14-30)28-26(27-24)32-17-12-29-10-3-2-4-11-29/h5-9,18-19H,2-4,10-17H2,1H3. The van der Waals surface area contributed by atoms with Gasteiger partial charge in [-0.25, -0.2) is 0 Å². The summed E-state index contributed by atoms with van der Waals surface area (Å²) in [6, 6.07) is 15.5. The number of likely N-dealkylation sites (tertiary alicyclic amines) is 1. The fraction of sp³-hybridized carbons (Fsp3) is 0.462. The number of hydrogen-bond acceptors (Lipinski definition) is 6. The normalized spacial score (nSPS) is 17.6. The highest BCUT2D eigenvalue weighted by molar-refractivity contribution is 5.93. The van der Waals surface area contributed by atoms with E-state index in [1.54, 1.807) is 0 Å². The smallest absolute Gasteiger partial charge is 0.318 e. The Hall–Kier alpha value is -2.70. The minimum absolute atomic E-state index is 0.472. The van der Waals surface area contributed by atoms with Gasteiger partial charge in [0.1, 0.15) is 12.4 Å². The lowest BCUT2D eigenvalue weighted by Crippen LogP contribution is -2.37. The van der Waals surface area contributed by atoms with E-state index in [0.717, 1.165) is 36.4 Å². The third-order valence-corrected chi connectivity index (χ3v) is 6.40. The van der Waals surface area contributed by atoms with E-state index in [-0.39, 0.29) is 0 Å². The monoisotopic (exact) mass is 432 g/mol. The molecule has 6 nitrogen and oxygen atoms in total. The molecule has 0 saturated carbocycles. The van der Waals surface area contributed by atoms with Crippen LogP contribution in [0.25, 0.3) is 22.0 Å². The number of aromatic nitrogens is 2. The van der Waals surface area contributed by atoms with Crippen molar-refractivity contribution in [2.45, 2.75) is 26.2 Å². The van der Waals surface area contributed by atoms with Crippen molar-refractivity contribution >= 4 is 16.7 Å². The lowest BCUT2D eigenvalue weighted by molar-refractivity contribution is 0.122. The molecule has 2 aromatic carbocycles. The number of hydrogen-bond donors (Lipinski definition) is 0. The summed E-state index contributed by atoms with van der Waals surface area (Å²) in [5.74, 6) is 0.945. The Morgan fingerprint density at radius 1 is 0.906 bits per heavy atom. The molecule has 3 aromatic rings. The summed E-state index contributed by atoms with van der Waals surface area (Å²) < 4.78 is 11.6. The largest absolute Gasteiger partial charge is 0.462 e. The van der Waals surface area contributed by atoms with Gasteiger partial charge in [0.15, 0.2) is 0 Å². The first-order valence-electron chi connectivity index (χ1n) is 11.8. The van der Waals surface area contributed by atoms with Gasteiger partial charge < -0.3 is 14.4 Å². The molecule has 168 valence electrons. The maximum Gasteiger partial charge on any atom is 0.318 e. The zero-order valence-corrected chi connectivity index (χ0v) is 18.9. The summed E-state index contributed by atoms with van der Waals surface area (Å²) in [5, 5.41) is 1.06. The van der Waals surface area contributed by atoms with Crippen LogP contribution in [0.4, 0.5) is 5.82 Å². The van der Waals surface area contributed by atoms with Crippen molar-refractivity contribution in [3.05, 3.63) is 48.0 Å². The molecule has 0 atom stereocenters. The predicted octanol–water partition coefficient (Wildman–Crippen LogP) is 4.31. The fourth-order valence-corrected chi connectivity index (χ4v) is 4.63. The average molecular weight is 433 g/mol. The van der Waals surface area contributed by atoms with E-state index in [1.165, 1.54) is 49.0 Å². The van der Waals surface area contributed by atoms with Crippen LogP contribution in [0.1, 0.15) is 24.8 Å². The van der Waals surface area contributed by atoms with E-state index in [0.29, 0.717) is 25.8 Å². The Morgan fingerprint density at radius 3 is 2.53 bits per heavy atom. The number of morpholine rings is 1. The molecule has 0 aliphatic carbocycles. The molecule has 0 unspecified atom stereocenters. The quantitative estimate of drug-likeness (QED) is 0.579. The fourth-order valence-electron chi connectivity index (χ4n) is 4.63. The molecular formula is C26H32N4O2. The van der Waals surface area contributed by atoms with Crippen LogP contribution < -0.4 is 9.64 Å². The first kappa shape index (κ1) is 21.2. The summed E-state index contributed by atoms with van der Waals surface area (Å²) in [6.07, 6.45) is 3.92. The van der Waals surface area contributed by atoms with Crippen LogP contribution in [-0.2, 0) is 4.74 Å². The van der Waals surface area contributed by atoms with E-state index < -0.39 is 0 Å². The van der Waals surface area contributed by atoms with E-state index in [4.69, 9.17) is 19.4 Å². The minimum atomic E-state index is 0.472. The van der Waals surface area contributed by atoms with Crippen LogP contribution in [0.2, 0.25) is 0 Å². The molecule has 0 N–H and O–H groups in total. The molecule has 0 spiro atoms. The van der Waals surface area contributed by atoms with Gasteiger partial charge in [-0.2, -0.15) is 9.97 Å². The highest BCUT2D eigenvalue weighted by Crippen LogP contribution is 2.31. The second-order valence-corrected chi connectivity index (χ2v) is 8.78. The van der Waals surface area contributed by atoms with Crippen LogP contribution in [0, 0.1) is 6.92 Å². The van der Waals surface area contributed by atoms with Crippen LogP contribution in [0.3, 0.4) is 0 Å². The van der Waals surface area contributed by atoms with Crippen molar-refractivity contribution in [3.63, 3.8) is 0 Å². The summed E-state index contributed by atoms with van der Waals surface area (Å²) >= 11 is 0. The topological polar surface area (TPSA) is 50.7 Å². The van der Waals surface area contributed by atoms with Gasteiger partial charge in [-0.3, -0.25) is 4.90 Å². The van der Waals surface area contributed by atoms with Crippen molar-refractivity contribution in [2.75, 3.05) is 57.4 Å². The maximum absolute atomic E-state index is 6.06. The second-order valence-electron chi connectivity index (χ2n) is 8.78. The summed E-state index contributed by atoms with van der Waals surface area (Å²) in [4.78, 5) is 14.4. The van der Waals surface area contributed by atoms with E-state index in [1.807, 2.05) is 0 Å². The Morgan fingerprint density at radius 2 is 1.72 bits per heavy atom. The molecule has 0 radical (unpaired) electrons. The number of ether oxygens (including phenoxy) is 2. The number of anilines is 1. The summed E-state index contributed by atoms with van der Waals surface area (Å²) in [5.41, 5.74) is 4.57. The molecule has 2 aliphatic heterocycles. The van der Waals surface area contributed by atoms with Crippen molar-refractivity contribution in [2.24, 2.45) is 0 Å². The van der Waals surface area contributed by atoms with Gasteiger partial charge in [0.25, 0.3) is 0 Å². The molecule has 0 amide bonds. The second kappa shape index (κ2) is 9.84. The number of rotatable bonds is 6. The van der Waals surface area contributed by atoms with E-state index in [2.05, 4.69) is 59.2 Å². The molecule has 6 heteroatoms. The molecule has 1 aromatic heterocycles. The molecule has 32 heavy (non-hydrogen) atoms. The molecule has 5 rings (SSSR count). The van der Waals surface area contributed by atoms with Gasteiger partial charge in [-0.05, 0) is 56.1 Å². The molecule has 0 bridgehead atoms. The van der Waals surface area contributed by atoms with Crippen molar-refractivity contribution < 1.29 is 9.47 Å². The van der Waals surface area contributed by atoms with Gasteiger partial charge in [0.05, 0.1) is 18.7 Å². The summed E-state index contributed by atoms with van der Waals surface area (Å²) in [6.45, 7) is 9.10. The van der Waals surface area contributed by atoms with E-state index in [9.17, 15) is 0 Å². The molecule has 3 heterocycles. The SMILES string of the molecule is Cc1cccc(-c2ccc3nc(OCCN4CCCCC4)nc(N4CCOCC4)c3c2)c1. The Labute approximate surface area is 190 Å². The third kappa shape index (κ3) is 4.87. The molecular weight excluding hydrogens is 400 g/mol. The number of nitrogens with zero attached hydrogens (tertiary/aromatic N) is 4. The number of benzene rings is 2. The van der Waals surface area contributed by atoms with E-state index >= 15 is 0 Å². The minimum Gasteiger partial charge on any atom is -0.462 e. The summed E-state index contributed by atoms with van der Waals surface area (Å²) in [7, 11) is 0. The molecule has 2 aliphatic rings. The zero-order valence-electron chi connectivity index (χ0n) is 18.9. The van der Waals surface area contributed by atoms with Crippen LogP contribution in [0.15, 0.2) is 42.5 Å². The first-order valence-corrected chi connectivity index (χ1v) is 11.8. The van der Waals surface area contributed by atoms with Crippen molar-refractivity contribution in [1.82, 2.24) is 14.9 Å². The van der Waals surface area contributed by atoms with Gasteiger partial charge in [-0.1, -0.05) is 42.3 Å². The van der Waals surface area contributed by atoms with Crippen LogP contribution in [-0.4, -0.2) is 67.4 Å². The van der Waals surface area contributed by atoms with Crippen molar-refractivity contribution in [3.8, 4) is 17.1 Å². The average Bonchev–Trinajstić information content (AvgIpc) is 2.84. The first-order chi connectivity index (χ1) is 15.8. The Kier molecular flexibility index (Phi) is 6.51. The Bertz CT molecular complexity index is 1060.